The van der Waals surface area contributed by atoms with Crippen molar-refractivity contribution >= 4 is 17.5 Å². The first-order chi connectivity index (χ1) is 13.5. The van der Waals surface area contributed by atoms with Crippen LogP contribution in [-0.2, 0) is 11.2 Å². The zero-order valence-electron chi connectivity index (χ0n) is 15.2. The van der Waals surface area contributed by atoms with Crippen molar-refractivity contribution in [1.82, 2.24) is 9.97 Å². The second kappa shape index (κ2) is 8.64. The summed E-state index contributed by atoms with van der Waals surface area (Å²) in [7, 11) is 0. The van der Waals surface area contributed by atoms with Crippen LogP contribution in [0.1, 0.15) is 23.4 Å². The van der Waals surface area contributed by atoms with Crippen LogP contribution in [0.4, 0.5) is 11.5 Å². The first-order valence-electron chi connectivity index (χ1n) is 8.63. The maximum atomic E-state index is 10.7. The molecule has 0 bridgehead atoms. The number of nitrogens with one attached hydrogen (secondary N) is 1. The third-order valence-electron chi connectivity index (χ3n) is 3.89. The van der Waals surface area contributed by atoms with Gasteiger partial charge in [-0.25, -0.2) is 9.97 Å². The van der Waals surface area contributed by atoms with Crippen LogP contribution in [0.5, 0.6) is 11.5 Å². The zero-order chi connectivity index (χ0) is 19.9. The van der Waals surface area contributed by atoms with Gasteiger partial charge in [-0.05, 0) is 49.2 Å². The molecular weight excluding hydrogens is 356 g/mol. The Hall–Kier alpha value is -3.92. The number of pyridine rings is 2. The van der Waals surface area contributed by atoms with Crippen molar-refractivity contribution in [1.29, 1.82) is 5.26 Å². The highest BCUT2D eigenvalue weighted by Gasteiger charge is 2.08. The van der Waals surface area contributed by atoms with Crippen molar-refractivity contribution in [3.63, 3.8) is 0 Å². The number of rotatable bonds is 7. The van der Waals surface area contributed by atoms with Crippen LogP contribution in [-0.4, -0.2) is 21.0 Å². The molecule has 2 aromatic heterocycles. The molecule has 0 atom stereocenters. The van der Waals surface area contributed by atoms with E-state index in [4.69, 9.17) is 9.84 Å². The highest BCUT2D eigenvalue weighted by molar-refractivity contribution is 5.67. The topological polar surface area (TPSA) is 108 Å². The molecule has 0 aliphatic heterocycles. The minimum atomic E-state index is -0.827. The molecular formula is C21H18N4O3. The molecule has 28 heavy (non-hydrogen) atoms. The molecule has 0 fully saturated rings. The first kappa shape index (κ1) is 18.9. The summed E-state index contributed by atoms with van der Waals surface area (Å²) in [6.45, 7) is 1.81. The van der Waals surface area contributed by atoms with E-state index in [1.165, 1.54) is 0 Å². The first-order valence-corrected chi connectivity index (χ1v) is 8.63. The van der Waals surface area contributed by atoms with Crippen LogP contribution in [0.25, 0.3) is 0 Å². The molecule has 0 amide bonds. The number of hydrogen-bond donors (Lipinski definition) is 2. The largest absolute Gasteiger partial charge is 0.481 e. The Labute approximate surface area is 162 Å². The molecule has 0 unspecified atom stereocenters. The lowest BCUT2D eigenvalue weighted by atomic mass is 10.1. The Bertz CT molecular complexity index is 1040. The van der Waals surface area contributed by atoms with Crippen molar-refractivity contribution in [3.05, 3.63) is 71.7 Å². The van der Waals surface area contributed by atoms with Gasteiger partial charge in [-0.3, -0.25) is 4.79 Å². The van der Waals surface area contributed by atoms with Crippen molar-refractivity contribution in [2.75, 3.05) is 5.32 Å². The maximum absolute atomic E-state index is 10.7. The Kier molecular flexibility index (Phi) is 5.82. The summed E-state index contributed by atoms with van der Waals surface area (Å²) in [5.74, 6) is 0.626. The van der Waals surface area contributed by atoms with Crippen LogP contribution in [0.15, 0.2) is 54.7 Å². The van der Waals surface area contributed by atoms with Crippen molar-refractivity contribution in [2.45, 2.75) is 19.8 Å². The smallest absolute Gasteiger partial charge is 0.303 e. The highest BCUT2D eigenvalue weighted by atomic mass is 16.5. The van der Waals surface area contributed by atoms with E-state index in [0.29, 0.717) is 23.7 Å². The van der Waals surface area contributed by atoms with Crippen LogP contribution in [0, 0.1) is 18.3 Å². The van der Waals surface area contributed by atoms with Gasteiger partial charge in [0.25, 0.3) is 0 Å². The Morgan fingerprint density at radius 2 is 2.11 bits per heavy atom. The molecule has 0 saturated heterocycles. The van der Waals surface area contributed by atoms with Crippen molar-refractivity contribution in [3.8, 4) is 17.6 Å². The minimum absolute atomic E-state index is 0.0802. The number of carbonyl (C=O) groups is 1. The van der Waals surface area contributed by atoms with Gasteiger partial charge >= 0.3 is 5.97 Å². The van der Waals surface area contributed by atoms with Gasteiger partial charge < -0.3 is 15.2 Å². The minimum Gasteiger partial charge on any atom is -0.481 e. The summed E-state index contributed by atoms with van der Waals surface area (Å²) in [6, 6.07) is 16.4. The number of hydrogen-bond acceptors (Lipinski definition) is 6. The van der Waals surface area contributed by atoms with Crippen molar-refractivity contribution < 1.29 is 14.6 Å². The number of aryl methyl sites for hydroxylation is 2. The standard InChI is InChI=1S/C21H18N4O3/c1-14-5-7-19(18(13-22)24-14)28-17-9-10-23-20(12-17)25-16-4-2-3-15(11-16)6-8-21(26)27/h2-5,7,9-12H,6,8H2,1H3,(H,23,25)(H,26,27). The fourth-order valence-electron chi connectivity index (χ4n) is 2.58. The number of nitrogens with zero attached hydrogens (tertiary/aromatic N) is 3. The molecule has 3 aromatic rings. The number of aliphatic carboxylic acids is 1. The number of carboxylic acids is 1. The van der Waals surface area contributed by atoms with Gasteiger partial charge in [0.1, 0.15) is 17.6 Å². The van der Waals surface area contributed by atoms with Crippen LogP contribution in [0.3, 0.4) is 0 Å². The molecule has 0 aliphatic carbocycles. The zero-order valence-corrected chi connectivity index (χ0v) is 15.2. The molecule has 7 heteroatoms. The van der Waals surface area contributed by atoms with Gasteiger partial charge in [-0.1, -0.05) is 12.1 Å². The second-order valence-corrected chi connectivity index (χ2v) is 6.11. The molecule has 0 spiro atoms. The molecule has 0 saturated carbocycles. The quantitative estimate of drug-likeness (QED) is 0.637. The lowest BCUT2D eigenvalue weighted by Gasteiger charge is -2.10. The summed E-state index contributed by atoms with van der Waals surface area (Å²) in [5.41, 5.74) is 2.67. The van der Waals surface area contributed by atoms with Crippen LogP contribution in [0.2, 0.25) is 0 Å². The molecule has 140 valence electrons. The fraction of sp³-hybridized carbons (Fsp3) is 0.143. The number of carboxylic acid groups (broad SMARTS) is 1. The highest BCUT2D eigenvalue weighted by Crippen LogP contribution is 2.26. The summed E-state index contributed by atoms with van der Waals surface area (Å²) in [4.78, 5) is 19.2. The summed E-state index contributed by atoms with van der Waals surface area (Å²) >= 11 is 0. The lowest BCUT2D eigenvalue weighted by molar-refractivity contribution is -0.136. The third kappa shape index (κ3) is 5.05. The Morgan fingerprint density at radius 3 is 2.89 bits per heavy atom. The van der Waals surface area contributed by atoms with E-state index in [9.17, 15) is 10.1 Å². The molecule has 2 heterocycles. The van der Waals surface area contributed by atoms with E-state index in [1.54, 1.807) is 30.5 Å². The van der Waals surface area contributed by atoms with Gasteiger partial charge in [0.15, 0.2) is 11.4 Å². The monoisotopic (exact) mass is 374 g/mol. The number of aromatic nitrogens is 2. The molecule has 1 aromatic carbocycles. The molecule has 0 aliphatic rings. The Morgan fingerprint density at radius 1 is 1.25 bits per heavy atom. The van der Waals surface area contributed by atoms with Gasteiger partial charge in [-0.15, -0.1) is 0 Å². The number of benzene rings is 1. The second-order valence-electron chi connectivity index (χ2n) is 6.11. The lowest BCUT2D eigenvalue weighted by Crippen LogP contribution is -1.99. The van der Waals surface area contributed by atoms with Gasteiger partial charge in [0.2, 0.25) is 0 Å². The predicted octanol–water partition coefficient (Wildman–Crippen LogP) is 4.21. The number of anilines is 2. The summed E-state index contributed by atoms with van der Waals surface area (Å²) in [5, 5.41) is 21.2. The average Bonchev–Trinajstić information content (AvgIpc) is 2.68. The Balaban J connectivity index is 1.75. The van der Waals surface area contributed by atoms with E-state index in [0.717, 1.165) is 16.9 Å². The third-order valence-corrected chi connectivity index (χ3v) is 3.89. The summed E-state index contributed by atoms with van der Waals surface area (Å²) < 4.78 is 5.79. The van der Waals surface area contributed by atoms with E-state index in [2.05, 4.69) is 15.3 Å². The average molecular weight is 374 g/mol. The van der Waals surface area contributed by atoms with Gasteiger partial charge in [0.05, 0.1) is 0 Å². The van der Waals surface area contributed by atoms with E-state index < -0.39 is 5.97 Å². The van der Waals surface area contributed by atoms with Gasteiger partial charge in [0, 0.05) is 30.1 Å². The van der Waals surface area contributed by atoms with Crippen LogP contribution >= 0.6 is 0 Å². The van der Waals surface area contributed by atoms with Gasteiger partial charge in [-0.2, -0.15) is 5.26 Å². The molecule has 2 N–H and O–H groups in total. The van der Waals surface area contributed by atoms with E-state index in [1.807, 2.05) is 37.3 Å². The molecule has 0 radical (unpaired) electrons. The maximum Gasteiger partial charge on any atom is 0.303 e. The number of ether oxygens (including phenoxy) is 1. The van der Waals surface area contributed by atoms with Crippen molar-refractivity contribution in [2.24, 2.45) is 0 Å². The number of nitriles is 1. The SMILES string of the molecule is Cc1ccc(Oc2ccnc(Nc3cccc(CCC(=O)O)c3)c2)c(C#N)n1. The summed E-state index contributed by atoms with van der Waals surface area (Å²) in [6.07, 6.45) is 2.13. The van der Waals surface area contributed by atoms with E-state index >= 15 is 0 Å². The fourth-order valence-corrected chi connectivity index (χ4v) is 2.58. The normalized spacial score (nSPS) is 10.1. The molecule has 7 nitrogen and oxygen atoms in total. The molecule has 3 rings (SSSR count). The van der Waals surface area contributed by atoms with E-state index in [-0.39, 0.29) is 12.1 Å². The van der Waals surface area contributed by atoms with Crippen LogP contribution < -0.4 is 10.1 Å². The predicted molar refractivity (Wildman–Crippen MR) is 104 cm³/mol.